The van der Waals surface area contributed by atoms with Crippen LogP contribution in [0.5, 0.6) is 0 Å². The Hall–Kier alpha value is -5.06. The van der Waals surface area contributed by atoms with Crippen LogP contribution in [0.25, 0.3) is 32.8 Å². The van der Waals surface area contributed by atoms with Crippen LogP contribution in [0.4, 0.5) is 22.0 Å². The minimum atomic E-state index is -4.89. The number of para-hydroxylation sites is 1. The highest BCUT2D eigenvalue weighted by Gasteiger charge is 2.38. The highest BCUT2D eigenvalue weighted by molar-refractivity contribution is 6.02. The number of aryl methyl sites for hydroxylation is 1. The fourth-order valence-electron chi connectivity index (χ4n) is 6.94. The average molecular weight is 663 g/mol. The van der Waals surface area contributed by atoms with Crippen molar-refractivity contribution in [1.82, 2.24) is 9.88 Å². The standard InChI is InChI=1S/C37H31F5N2O4/c1-44-30-16-6-5-12-26(30)33(37(40,41)42)31(35(44)46)25-15-8-13-23-21(11-7-14-24(23)25)19-29(36(47)48)43-34(45)32-27(38)17-22(18-28(32)39)20-9-3-2-4-10-20/h5-8,11-18,20,29H,2-4,9-10,19H2,1H3,(H,43,45)(H,47,48)/t29-/m0/s1. The molecule has 1 aliphatic rings. The number of fused-ring (bicyclic) bond motifs is 2. The van der Waals surface area contributed by atoms with Crippen LogP contribution in [0.2, 0.25) is 0 Å². The Morgan fingerprint density at radius 2 is 1.52 bits per heavy atom. The van der Waals surface area contributed by atoms with Crippen molar-refractivity contribution in [3.63, 3.8) is 0 Å². The van der Waals surface area contributed by atoms with Gasteiger partial charge in [0.2, 0.25) is 0 Å². The predicted octanol–water partition coefficient (Wildman–Crippen LogP) is 8.13. The zero-order valence-electron chi connectivity index (χ0n) is 25.8. The van der Waals surface area contributed by atoms with E-state index in [1.165, 1.54) is 55.6 Å². The maximum absolute atomic E-state index is 15.1. The van der Waals surface area contributed by atoms with E-state index in [1.54, 1.807) is 12.1 Å². The van der Waals surface area contributed by atoms with Gasteiger partial charge in [-0.2, -0.15) is 13.2 Å². The molecule has 248 valence electrons. The summed E-state index contributed by atoms with van der Waals surface area (Å²) in [6.07, 6.45) is -0.764. The van der Waals surface area contributed by atoms with E-state index in [2.05, 4.69) is 5.32 Å². The SMILES string of the molecule is Cn1c(=O)c(-c2cccc3c(C[C@H](NC(=O)c4c(F)cc(C5CCCCC5)cc4F)C(=O)O)cccc23)c(C(F)(F)F)c2ccccc21. The number of aromatic nitrogens is 1. The number of halogens is 5. The van der Waals surface area contributed by atoms with Gasteiger partial charge < -0.3 is 15.0 Å². The summed E-state index contributed by atoms with van der Waals surface area (Å²) in [6.45, 7) is 0. The Bertz CT molecular complexity index is 2110. The molecule has 1 aromatic heterocycles. The summed E-state index contributed by atoms with van der Waals surface area (Å²) in [7, 11) is 1.39. The Balaban J connectivity index is 1.38. The molecule has 0 aliphatic heterocycles. The second-order valence-electron chi connectivity index (χ2n) is 12.2. The predicted molar refractivity (Wildman–Crippen MR) is 172 cm³/mol. The van der Waals surface area contributed by atoms with Crippen LogP contribution < -0.4 is 10.9 Å². The minimum Gasteiger partial charge on any atom is -0.480 e. The molecule has 5 aromatic rings. The van der Waals surface area contributed by atoms with E-state index in [0.717, 1.165) is 48.8 Å². The van der Waals surface area contributed by atoms with Gasteiger partial charge in [-0.1, -0.05) is 73.9 Å². The van der Waals surface area contributed by atoms with Gasteiger partial charge in [0.05, 0.1) is 16.6 Å². The summed E-state index contributed by atoms with van der Waals surface area (Å²) < 4.78 is 75.3. The quantitative estimate of drug-likeness (QED) is 0.172. The lowest BCUT2D eigenvalue weighted by Crippen LogP contribution is -2.43. The molecule has 1 atom stereocenters. The molecule has 0 spiro atoms. The molecule has 0 unspecified atom stereocenters. The van der Waals surface area contributed by atoms with Crippen LogP contribution >= 0.6 is 0 Å². The number of carbonyl (C=O) groups is 2. The van der Waals surface area contributed by atoms with Crippen LogP contribution in [-0.4, -0.2) is 27.6 Å². The maximum atomic E-state index is 15.1. The number of carbonyl (C=O) groups excluding carboxylic acids is 1. The van der Waals surface area contributed by atoms with Crippen molar-refractivity contribution in [3.8, 4) is 11.1 Å². The third-order valence-electron chi connectivity index (χ3n) is 9.26. The van der Waals surface area contributed by atoms with E-state index >= 15 is 8.78 Å². The van der Waals surface area contributed by atoms with Gasteiger partial charge in [0.25, 0.3) is 11.5 Å². The Morgan fingerprint density at radius 1 is 0.896 bits per heavy atom. The number of nitrogens with one attached hydrogen (secondary N) is 1. The van der Waals surface area contributed by atoms with Gasteiger partial charge in [-0.3, -0.25) is 9.59 Å². The van der Waals surface area contributed by atoms with Crippen molar-refractivity contribution < 1.29 is 36.6 Å². The summed E-state index contributed by atoms with van der Waals surface area (Å²) in [6, 6.07) is 15.3. The molecule has 1 saturated carbocycles. The van der Waals surface area contributed by atoms with Gasteiger partial charge >= 0.3 is 12.1 Å². The molecule has 1 aliphatic carbocycles. The summed E-state index contributed by atoms with van der Waals surface area (Å²) in [5.41, 5.74) is -2.53. The number of benzene rings is 4. The number of rotatable bonds is 7. The molecule has 4 aromatic carbocycles. The first kappa shape index (κ1) is 32.9. The molecule has 1 fully saturated rings. The van der Waals surface area contributed by atoms with E-state index in [4.69, 9.17) is 0 Å². The summed E-state index contributed by atoms with van der Waals surface area (Å²) in [5.74, 6) is -4.94. The van der Waals surface area contributed by atoms with E-state index in [0.29, 0.717) is 16.5 Å². The molecular formula is C37H31F5N2O4. The first-order chi connectivity index (χ1) is 22.9. The first-order valence-corrected chi connectivity index (χ1v) is 15.6. The number of aliphatic carboxylic acids is 1. The zero-order valence-corrected chi connectivity index (χ0v) is 25.8. The highest BCUT2D eigenvalue weighted by Crippen LogP contribution is 2.42. The number of hydrogen-bond donors (Lipinski definition) is 2. The van der Waals surface area contributed by atoms with Crippen molar-refractivity contribution in [3.05, 3.63) is 117 Å². The zero-order chi connectivity index (χ0) is 34.3. The highest BCUT2D eigenvalue weighted by atomic mass is 19.4. The number of carboxylic acid groups (broad SMARTS) is 1. The summed E-state index contributed by atoms with van der Waals surface area (Å²) in [5, 5.41) is 12.7. The Morgan fingerprint density at radius 3 is 2.19 bits per heavy atom. The molecule has 0 bridgehead atoms. The van der Waals surface area contributed by atoms with Gasteiger partial charge in [0.15, 0.2) is 0 Å². The lowest BCUT2D eigenvalue weighted by molar-refractivity contribution is -0.139. The third kappa shape index (κ3) is 6.05. The number of amides is 1. The molecule has 6 nitrogen and oxygen atoms in total. The monoisotopic (exact) mass is 662 g/mol. The van der Waals surface area contributed by atoms with Gasteiger partial charge in [-0.15, -0.1) is 0 Å². The van der Waals surface area contributed by atoms with Crippen molar-refractivity contribution in [2.24, 2.45) is 7.05 Å². The van der Waals surface area contributed by atoms with Gasteiger partial charge in [-0.05, 0) is 64.4 Å². The maximum Gasteiger partial charge on any atom is 0.417 e. The van der Waals surface area contributed by atoms with Crippen LogP contribution in [0.3, 0.4) is 0 Å². The minimum absolute atomic E-state index is 0.00821. The fourth-order valence-corrected chi connectivity index (χ4v) is 6.94. The number of hydrogen-bond acceptors (Lipinski definition) is 3. The van der Waals surface area contributed by atoms with E-state index < -0.39 is 58.0 Å². The molecule has 0 saturated heterocycles. The van der Waals surface area contributed by atoms with Gasteiger partial charge in [0, 0.05) is 18.9 Å². The topological polar surface area (TPSA) is 88.4 Å². The van der Waals surface area contributed by atoms with Crippen LogP contribution in [0, 0.1) is 11.6 Å². The number of alkyl halides is 3. The second-order valence-corrected chi connectivity index (χ2v) is 12.2. The molecule has 0 radical (unpaired) electrons. The molecule has 1 amide bonds. The van der Waals surface area contributed by atoms with E-state index in [9.17, 15) is 32.7 Å². The lowest BCUT2D eigenvalue weighted by atomic mass is 9.83. The number of carboxylic acids is 1. The van der Waals surface area contributed by atoms with Crippen LogP contribution in [0.1, 0.15) is 65.1 Å². The van der Waals surface area contributed by atoms with Crippen molar-refractivity contribution in [2.45, 2.75) is 56.7 Å². The van der Waals surface area contributed by atoms with Crippen molar-refractivity contribution in [1.29, 1.82) is 0 Å². The molecule has 1 heterocycles. The molecule has 2 N–H and O–H groups in total. The van der Waals surface area contributed by atoms with Crippen molar-refractivity contribution in [2.75, 3.05) is 0 Å². The summed E-state index contributed by atoms with van der Waals surface area (Å²) >= 11 is 0. The van der Waals surface area contributed by atoms with Crippen molar-refractivity contribution >= 4 is 33.6 Å². The third-order valence-corrected chi connectivity index (χ3v) is 9.26. The first-order valence-electron chi connectivity index (χ1n) is 15.6. The number of nitrogens with zero attached hydrogens (tertiary/aromatic N) is 1. The van der Waals surface area contributed by atoms with Gasteiger partial charge in [0.1, 0.15) is 23.2 Å². The van der Waals surface area contributed by atoms with E-state index in [-0.39, 0.29) is 34.2 Å². The van der Waals surface area contributed by atoms with Crippen LogP contribution in [-0.2, 0) is 24.4 Å². The summed E-state index contributed by atoms with van der Waals surface area (Å²) in [4.78, 5) is 39.0. The largest absolute Gasteiger partial charge is 0.480 e. The number of pyridine rings is 1. The fraction of sp³-hybridized carbons (Fsp3) is 0.270. The van der Waals surface area contributed by atoms with Crippen LogP contribution in [0.15, 0.2) is 77.6 Å². The molecule has 48 heavy (non-hydrogen) atoms. The Labute approximate surface area is 271 Å². The molecule has 6 rings (SSSR count). The molecular weight excluding hydrogens is 631 g/mol. The Kier molecular flexibility index (Phi) is 8.80. The normalized spacial score (nSPS) is 14.7. The van der Waals surface area contributed by atoms with E-state index in [1.807, 2.05) is 0 Å². The average Bonchev–Trinajstić information content (AvgIpc) is 3.05. The molecule has 11 heteroatoms. The van der Waals surface area contributed by atoms with Gasteiger partial charge in [-0.25, -0.2) is 13.6 Å². The smallest absolute Gasteiger partial charge is 0.417 e. The second kappa shape index (κ2) is 12.9. The lowest BCUT2D eigenvalue weighted by Gasteiger charge is -2.23.